The van der Waals surface area contributed by atoms with Gasteiger partial charge >= 0.3 is 0 Å². The molecule has 1 N–H and O–H groups in total. The summed E-state index contributed by atoms with van der Waals surface area (Å²) in [5, 5.41) is 13.2. The van der Waals surface area contributed by atoms with E-state index in [1.165, 1.54) is 24.2 Å². The number of aryl methyl sites for hydroxylation is 1. The van der Waals surface area contributed by atoms with Crippen molar-refractivity contribution in [1.82, 2.24) is 0 Å². The van der Waals surface area contributed by atoms with Crippen LogP contribution in [-0.4, -0.2) is 6.54 Å². The van der Waals surface area contributed by atoms with Crippen molar-refractivity contribution in [2.24, 2.45) is 0 Å². The molecule has 3 heteroatoms. The molecule has 1 aromatic rings. The highest BCUT2D eigenvalue weighted by Gasteiger charge is 2.02. The van der Waals surface area contributed by atoms with E-state index in [0.717, 1.165) is 22.0 Å². The Hall–Kier alpha value is -1.01. The normalized spacial score (nSPS) is 9.62. The summed E-state index contributed by atoms with van der Waals surface area (Å²) in [6.45, 7) is 5.14. The van der Waals surface area contributed by atoms with Gasteiger partial charge in [-0.15, -0.1) is 11.3 Å². The van der Waals surface area contributed by atoms with Crippen molar-refractivity contribution in [3.05, 3.63) is 16.5 Å². The van der Waals surface area contributed by atoms with Gasteiger partial charge < -0.3 is 5.32 Å². The number of anilines is 1. The van der Waals surface area contributed by atoms with Gasteiger partial charge in [-0.2, -0.15) is 5.26 Å². The Morgan fingerprint density at radius 2 is 2.38 bits per heavy atom. The second-order valence-corrected chi connectivity index (χ2v) is 4.07. The second kappa shape index (κ2) is 4.88. The zero-order valence-corrected chi connectivity index (χ0v) is 8.87. The van der Waals surface area contributed by atoms with Crippen LogP contribution in [0.5, 0.6) is 0 Å². The van der Waals surface area contributed by atoms with E-state index in [9.17, 15) is 0 Å². The Labute approximate surface area is 83.2 Å². The molecule has 0 fully saturated rings. The third-order valence-corrected chi connectivity index (χ3v) is 2.95. The lowest BCUT2D eigenvalue weighted by molar-refractivity contribution is 0.836. The topological polar surface area (TPSA) is 35.8 Å². The molecule has 1 rings (SSSR count). The molecule has 2 nitrogen and oxygen atoms in total. The van der Waals surface area contributed by atoms with Crippen LogP contribution in [0.3, 0.4) is 0 Å². The van der Waals surface area contributed by atoms with E-state index in [2.05, 4.69) is 18.3 Å². The van der Waals surface area contributed by atoms with Crippen molar-refractivity contribution in [3.8, 4) is 6.07 Å². The minimum absolute atomic E-state index is 0.819. The van der Waals surface area contributed by atoms with Crippen LogP contribution < -0.4 is 5.32 Å². The minimum Gasteiger partial charge on any atom is -0.377 e. The van der Waals surface area contributed by atoms with E-state index in [4.69, 9.17) is 5.26 Å². The molecule has 1 heterocycles. The lowest BCUT2D eigenvalue weighted by atomic mass is 10.3. The maximum Gasteiger partial charge on any atom is 0.110 e. The highest BCUT2D eigenvalue weighted by atomic mass is 32.1. The SMILES string of the molecule is CCCCNc1cc(C)c(C#N)s1. The van der Waals surface area contributed by atoms with Crippen LogP contribution in [0.15, 0.2) is 6.07 Å². The van der Waals surface area contributed by atoms with Gasteiger partial charge in [-0.05, 0) is 25.0 Å². The number of rotatable bonds is 4. The van der Waals surface area contributed by atoms with E-state index >= 15 is 0 Å². The molecular weight excluding hydrogens is 180 g/mol. The first-order valence-corrected chi connectivity index (χ1v) is 5.34. The summed E-state index contributed by atoms with van der Waals surface area (Å²) in [7, 11) is 0. The van der Waals surface area contributed by atoms with Gasteiger partial charge in [-0.25, -0.2) is 0 Å². The highest BCUT2D eigenvalue weighted by Crippen LogP contribution is 2.25. The predicted molar refractivity (Wildman–Crippen MR) is 57.2 cm³/mol. The van der Waals surface area contributed by atoms with E-state index in [0.29, 0.717) is 0 Å². The molecule has 0 bridgehead atoms. The Morgan fingerprint density at radius 3 is 2.92 bits per heavy atom. The number of nitrogens with zero attached hydrogens (tertiary/aromatic N) is 1. The number of thiophene rings is 1. The molecule has 0 amide bonds. The van der Waals surface area contributed by atoms with Crippen LogP contribution in [0.2, 0.25) is 0 Å². The second-order valence-electron chi connectivity index (χ2n) is 3.01. The number of nitrogens with one attached hydrogen (secondary N) is 1. The maximum atomic E-state index is 8.74. The zero-order valence-electron chi connectivity index (χ0n) is 8.05. The Morgan fingerprint density at radius 1 is 1.62 bits per heavy atom. The summed E-state index contributed by atoms with van der Waals surface area (Å²) in [5.41, 5.74) is 1.08. The van der Waals surface area contributed by atoms with Gasteiger partial charge in [0.1, 0.15) is 10.9 Å². The van der Waals surface area contributed by atoms with E-state index in [1.807, 2.05) is 13.0 Å². The molecule has 0 atom stereocenters. The number of unbranched alkanes of at least 4 members (excludes halogenated alkanes) is 1. The standard InChI is InChI=1S/C10H14N2S/c1-3-4-5-12-10-6-8(2)9(7-11)13-10/h6,12H,3-5H2,1-2H3. The largest absolute Gasteiger partial charge is 0.377 e. The maximum absolute atomic E-state index is 8.74. The fraction of sp³-hybridized carbons (Fsp3) is 0.500. The molecule has 13 heavy (non-hydrogen) atoms. The number of nitriles is 1. The van der Waals surface area contributed by atoms with Crippen molar-refractivity contribution in [2.45, 2.75) is 26.7 Å². The molecule has 1 aromatic heterocycles. The molecule has 0 radical (unpaired) electrons. The van der Waals surface area contributed by atoms with E-state index < -0.39 is 0 Å². The van der Waals surface area contributed by atoms with Crippen molar-refractivity contribution in [3.63, 3.8) is 0 Å². The van der Waals surface area contributed by atoms with Crippen LogP contribution in [0.4, 0.5) is 5.00 Å². The van der Waals surface area contributed by atoms with Crippen LogP contribution in [0.25, 0.3) is 0 Å². The minimum atomic E-state index is 0.819. The van der Waals surface area contributed by atoms with Crippen molar-refractivity contribution in [2.75, 3.05) is 11.9 Å². The molecule has 0 aliphatic heterocycles. The van der Waals surface area contributed by atoms with E-state index in [-0.39, 0.29) is 0 Å². The van der Waals surface area contributed by atoms with Gasteiger partial charge in [0.2, 0.25) is 0 Å². The average Bonchev–Trinajstić information content (AvgIpc) is 2.47. The smallest absolute Gasteiger partial charge is 0.110 e. The van der Waals surface area contributed by atoms with Gasteiger partial charge in [0, 0.05) is 6.54 Å². The van der Waals surface area contributed by atoms with Gasteiger partial charge in [-0.1, -0.05) is 13.3 Å². The van der Waals surface area contributed by atoms with E-state index in [1.54, 1.807) is 0 Å². The monoisotopic (exact) mass is 194 g/mol. The lowest BCUT2D eigenvalue weighted by Gasteiger charge is -1.99. The predicted octanol–water partition coefficient (Wildman–Crippen LogP) is 3.14. The molecule has 0 aromatic carbocycles. The first-order chi connectivity index (χ1) is 6.27. The van der Waals surface area contributed by atoms with Crippen LogP contribution in [0.1, 0.15) is 30.2 Å². The Balaban J connectivity index is 2.54. The molecule has 0 unspecified atom stereocenters. The highest BCUT2D eigenvalue weighted by molar-refractivity contribution is 7.16. The first kappa shape index (κ1) is 10.1. The third-order valence-electron chi connectivity index (χ3n) is 1.85. The summed E-state index contributed by atoms with van der Waals surface area (Å²) in [6, 6.07) is 4.23. The van der Waals surface area contributed by atoms with Crippen LogP contribution in [0, 0.1) is 18.3 Å². The summed E-state index contributed by atoms with van der Waals surface area (Å²) >= 11 is 1.54. The molecule has 0 aliphatic rings. The number of hydrogen-bond donors (Lipinski definition) is 1. The van der Waals surface area contributed by atoms with Gasteiger partial charge in [-0.3, -0.25) is 0 Å². The molecule has 0 saturated heterocycles. The molecule has 70 valence electrons. The Bertz CT molecular complexity index is 309. The number of hydrogen-bond acceptors (Lipinski definition) is 3. The molecule has 0 spiro atoms. The molecular formula is C10H14N2S. The van der Waals surface area contributed by atoms with Gasteiger partial charge in [0.25, 0.3) is 0 Å². The van der Waals surface area contributed by atoms with Crippen LogP contribution in [-0.2, 0) is 0 Å². The summed E-state index contributed by atoms with van der Waals surface area (Å²) in [4.78, 5) is 0.819. The third kappa shape index (κ3) is 2.74. The summed E-state index contributed by atoms with van der Waals surface area (Å²) in [5.74, 6) is 0. The van der Waals surface area contributed by atoms with Gasteiger partial charge in [0.15, 0.2) is 0 Å². The first-order valence-electron chi connectivity index (χ1n) is 4.52. The lowest BCUT2D eigenvalue weighted by Crippen LogP contribution is -1.98. The van der Waals surface area contributed by atoms with Gasteiger partial charge in [0.05, 0.1) is 5.00 Å². The molecule has 0 saturated carbocycles. The Kier molecular flexibility index (Phi) is 3.78. The summed E-state index contributed by atoms with van der Waals surface area (Å²) < 4.78 is 0. The fourth-order valence-electron chi connectivity index (χ4n) is 1.07. The summed E-state index contributed by atoms with van der Waals surface area (Å²) in [6.07, 6.45) is 2.38. The van der Waals surface area contributed by atoms with Crippen molar-refractivity contribution >= 4 is 16.3 Å². The molecule has 0 aliphatic carbocycles. The van der Waals surface area contributed by atoms with Crippen molar-refractivity contribution in [1.29, 1.82) is 5.26 Å². The zero-order chi connectivity index (χ0) is 9.68. The fourth-order valence-corrected chi connectivity index (χ4v) is 1.96. The average molecular weight is 194 g/mol. The van der Waals surface area contributed by atoms with Crippen LogP contribution >= 0.6 is 11.3 Å². The quantitative estimate of drug-likeness (QED) is 0.747. The van der Waals surface area contributed by atoms with Crippen molar-refractivity contribution < 1.29 is 0 Å².